The topological polar surface area (TPSA) is 49.5 Å². The SMILES string of the molecule is CN1CCC(O)CC1CN.Cl.Cl. The van der Waals surface area contributed by atoms with Crippen LogP contribution in [0, 0.1) is 0 Å². The van der Waals surface area contributed by atoms with E-state index in [0.29, 0.717) is 12.6 Å². The standard InChI is InChI=1S/C7H16N2O.2ClH/c1-9-3-2-7(10)4-6(9)5-8;;/h6-7,10H,2-5,8H2,1H3;2*1H. The van der Waals surface area contributed by atoms with Crippen molar-refractivity contribution in [1.82, 2.24) is 4.90 Å². The Labute approximate surface area is 86.1 Å². The van der Waals surface area contributed by atoms with Gasteiger partial charge in [0.25, 0.3) is 0 Å². The third-order valence-electron chi connectivity index (χ3n) is 2.25. The van der Waals surface area contributed by atoms with E-state index in [2.05, 4.69) is 11.9 Å². The highest BCUT2D eigenvalue weighted by atomic mass is 35.5. The van der Waals surface area contributed by atoms with E-state index in [0.717, 1.165) is 19.4 Å². The van der Waals surface area contributed by atoms with Gasteiger partial charge >= 0.3 is 0 Å². The number of rotatable bonds is 1. The molecule has 1 heterocycles. The van der Waals surface area contributed by atoms with E-state index in [4.69, 9.17) is 5.73 Å². The second kappa shape index (κ2) is 6.92. The Morgan fingerprint density at radius 2 is 2.08 bits per heavy atom. The molecule has 1 fully saturated rings. The van der Waals surface area contributed by atoms with Crippen LogP contribution in [0.3, 0.4) is 0 Å². The van der Waals surface area contributed by atoms with Gasteiger partial charge in [0.05, 0.1) is 6.10 Å². The molecule has 5 heteroatoms. The average molecular weight is 217 g/mol. The van der Waals surface area contributed by atoms with Crippen LogP contribution in [0.15, 0.2) is 0 Å². The molecule has 0 saturated carbocycles. The van der Waals surface area contributed by atoms with Gasteiger partial charge in [-0.1, -0.05) is 0 Å². The van der Waals surface area contributed by atoms with Crippen LogP contribution in [0.4, 0.5) is 0 Å². The summed E-state index contributed by atoms with van der Waals surface area (Å²) in [5.74, 6) is 0. The van der Waals surface area contributed by atoms with E-state index in [9.17, 15) is 5.11 Å². The smallest absolute Gasteiger partial charge is 0.0567 e. The van der Waals surface area contributed by atoms with Gasteiger partial charge in [0, 0.05) is 19.1 Å². The second-order valence-corrected chi connectivity index (χ2v) is 3.05. The highest BCUT2D eigenvalue weighted by molar-refractivity contribution is 5.85. The summed E-state index contributed by atoms with van der Waals surface area (Å²) in [6, 6.07) is 0.392. The first-order valence-corrected chi connectivity index (χ1v) is 3.82. The second-order valence-electron chi connectivity index (χ2n) is 3.05. The fourth-order valence-corrected chi connectivity index (χ4v) is 1.42. The number of nitrogens with two attached hydrogens (primary N) is 1. The number of likely N-dealkylation sites (N-methyl/N-ethyl adjacent to an activating group) is 1. The van der Waals surface area contributed by atoms with Gasteiger partial charge in [-0.05, 0) is 19.9 Å². The Morgan fingerprint density at radius 1 is 1.50 bits per heavy atom. The van der Waals surface area contributed by atoms with Crippen molar-refractivity contribution in [1.29, 1.82) is 0 Å². The maximum Gasteiger partial charge on any atom is 0.0567 e. The number of nitrogens with zero attached hydrogens (tertiary/aromatic N) is 1. The van der Waals surface area contributed by atoms with Gasteiger partial charge in [-0.2, -0.15) is 0 Å². The third kappa shape index (κ3) is 3.92. The van der Waals surface area contributed by atoms with Crippen LogP contribution in [0.2, 0.25) is 0 Å². The van der Waals surface area contributed by atoms with Gasteiger partial charge in [-0.25, -0.2) is 0 Å². The molecule has 1 rings (SSSR count). The van der Waals surface area contributed by atoms with E-state index in [1.165, 1.54) is 0 Å². The molecular weight excluding hydrogens is 199 g/mol. The minimum atomic E-state index is -0.121. The molecule has 76 valence electrons. The predicted molar refractivity (Wildman–Crippen MR) is 55.2 cm³/mol. The fraction of sp³-hybridized carbons (Fsp3) is 1.00. The molecule has 1 aliphatic heterocycles. The summed E-state index contributed by atoms with van der Waals surface area (Å²) in [4.78, 5) is 2.22. The highest BCUT2D eigenvalue weighted by Gasteiger charge is 2.22. The Kier molecular flexibility index (Phi) is 8.63. The first-order valence-electron chi connectivity index (χ1n) is 3.82. The van der Waals surface area contributed by atoms with Crippen LogP contribution in [-0.2, 0) is 0 Å². The lowest BCUT2D eigenvalue weighted by atomic mass is 10.0. The molecule has 0 spiro atoms. The minimum Gasteiger partial charge on any atom is -0.393 e. The van der Waals surface area contributed by atoms with Crippen molar-refractivity contribution in [2.24, 2.45) is 5.73 Å². The molecule has 0 amide bonds. The summed E-state index contributed by atoms with van der Waals surface area (Å²) in [5.41, 5.74) is 5.50. The molecule has 0 radical (unpaired) electrons. The summed E-state index contributed by atoms with van der Waals surface area (Å²) in [6.07, 6.45) is 1.62. The van der Waals surface area contributed by atoms with Gasteiger partial charge in [0.2, 0.25) is 0 Å². The van der Waals surface area contributed by atoms with Crippen molar-refractivity contribution in [3.8, 4) is 0 Å². The molecule has 3 nitrogen and oxygen atoms in total. The lowest BCUT2D eigenvalue weighted by Crippen LogP contribution is -2.45. The largest absolute Gasteiger partial charge is 0.393 e. The number of hydrogen-bond donors (Lipinski definition) is 2. The predicted octanol–water partition coefficient (Wildman–Crippen LogP) is 0.244. The molecule has 2 atom stereocenters. The lowest BCUT2D eigenvalue weighted by Gasteiger charge is -2.34. The van der Waals surface area contributed by atoms with Crippen LogP contribution in [-0.4, -0.2) is 42.3 Å². The molecule has 12 heavy (non-hydrogen) atoms. The normalized spacial score (nSPS) is 30.2. The first kappa shape index (κ1) is 15.0. The maximum atomic E-state index is 9.25. The first-order chi connectivity index (χ1) is 4.74. The minimum absolute atomic E-state index is 0. The van der Waals surface area contributed by atoms with Crippen molar-refractivity contribution < 1.29 is 5.11 Å². The maximum absolute atomic E-state index is 9.25. The van der Waals surface area contributed by atoms with Crippen molar-refractivity contribution in [3.05, 3.63) is 0 Å². The van der Waals surface area contributed by atoms with Gasteiger partial charge < -0.3 is 15.7 Å². The van der Waals surface area contributed by atoms with Gasteiger partial charge in [0.1, 0.15) is 0 Å². The molecular formula is C7H18Cl2N2O. The van der Waals surface area contributed by atoms with E-state index < -0.39 is 0 Å². The van der Waals surface area contributed by atoms with Crippen LogP contribution < -0.4 is 5.73 Å². The van der Waals surface area contributed by atoms with Crippen LogP contribution >= 0.6 is 24.8 Å². The van der Waals surface area contributed by atoms with Crippen LogP contribution in [0.25, 0.3) is 0 Å². The summed E-state index contributed by atoms with van der Waals surface area (Å²) in [6.45, 7) is 1.64. The Morgan fingerprint density at radius 3 is 2.50 bits per heavy atom. The number of likely N-dealkylation sites (tertiary alicyclic amines) is 1. The fourth-order valence-electron chi connectivity index (χ4n) is 1.42. The van der Waals surface area contributed by atoms with Gasteiger partial charge in [0.15, 0.2) is 0 Å². The van der Waals surface area contributed by atoms with E-state index >= 15 is 0 Å². The quantitative estimate of drug-likeness (QED) is 0.661. The van der Waals surface area contributed by atoms with E-state index in [-0.39, 0.29) is 30.9 Å². The van der Waals surface area contributed by atoms with Crippen LogP contribution in [0.5, 0.6) is 0 Å². The molecule has 1 saturated heterocycles. The van der Waals surface area contributed by atoms with E-state index in [1.807, 2.05) is 0 Å². The van der Waals surface area contributed by atoms with Gasteiger partial charge in [-0.15, -0.1) is 24.8 Å². The number of halogens is 2. The molecule has 0 aromatic carbocycles. The van der Waals surface area contributed by atoms with E-state index in [1.54, 1.807) is 0 Å². The molecule has 0 aromatic heterocycles. The van der Waals surface area contributed by atoms with Crippen molar-refractivity contribution in [2.75, 3.05) is 20.1 Å². The lowest BCUT2D eigenvalue weighted by molar-refractivity contribution is 0.0588. The molecule has 1 aliphatic rings. The summed E-state index contributed by atoms with van der Waals surface area (Å²) in [5, 5.41) is 9.25. The zero-order valence-electron chi connectivity index (χ0n) is 7.27. The summed E-state index contributed by atoms with van der Waals surface area (Å²) >= 11 is 0. The molecule has 3 N–H and O–H groups in total. The molecule has 0 aromatic rings. The zero-order valence-corrected chi connectivity index (χ0v) is 8.90. The Bertz CT molecular complexity index is 116. The number of piperidine rings is 1. The van der Waals surface area contributed by atoms with Crippen molar-refractivity contribution >= 4 is 24.8 Å². The van der Waals surface area contributed by atoms with Crippen molar-refractivity contribution in [2.45, 2.75) is 25.0 Å². The monoisotopic (exact) mass is 216 g/mol. The third-order valence-corrected chi connectivity index (χ3v) is 2.25. The van der Waals surface area contributed by atoms with Crippen molar-refractivity contribution in [3.63, 3.8) is 0 Å². The zero-order chi connectivity index (χ0) is 7.56. The number of hydrogen-bond acceptors (Lipinski definition) is 3. The summed E-state index contributed by atoms with van der Waals surface area (Å²) in [7, 11) is 2.06. The van der Waals surface area contributed by atoms with Gasteiger partial charge in [-0.3, -0.25) is 0 Å². The number of aliphatic hydroxyl groups is 1. The average Bonchev–Trinajstić information content (AvgIpc) is 1.94. The molecule has 0 aliphatic carbocycles. The summed E-state index contributed by atoms with van der Waals surface area (Å²) < 4.78 is 0. The Balaban J connectivity index is 0. The Hall–Kier alpha value is 0.460. The molecule has 2 unspecified atom stereocenters. The molecule has 0 bridgehead atoms. The van der Waals surface area contributed by atoms with Crippen LogP contribution in [0.1, 0.15) is 12.8 Å². The number of aliphatic hydroxyl groups excluding tert-OH is 1. The highest BCUT2D eigenvalue weighted by Crippen LogP contribution is 2.14.